The van der Waals surface area contributed by atoms with Crippen LogP contribution in [0.1, 0.15) is 66.2 Å². The minimum absolute atomic E-state index is 0.0532. The van der Waals surface area contributed by atoms with E-state index in [0.717, 1.165) is 41.9 Å². The number of aromatic nitrogens is 2. The predicted octanol–water partition coefficient (Wildman–Crippen LogP) is 4.44. The Morgan fingerprint density at radius 2 is 2.03 bits per heavy atom. The number of aryl methyl sites for hydroxylation is 1. The van der Waals surface area contributed by atoms with E-state index in [1.165, 1.54) is 19.3 Å². The number of nitrogens with one attached hydrogen (secondary N) is 1. The maximum atomic E-state index is 12.8. The lowest BCUT2D eigenvalue weighted by Crippen LogP contribution is -2.37. The van der Waals surface area contributed by atoms with E-state index in [2.05, 4.69) is 9.88 Å². The van der Waals surface area contributed by atoms with Crippen molar-refractivity contribution in [2.75, 3.05) is 6.54 Å². The number of nitrogens with zero attached hydrogens (tertiary/aromatic N) is 2. The number of halogens is 1. The fourth-order valence-electron chi connectivity index (χ4n) is 4.88. The molecule has 0 saturated heterocycles. The van der Waals surface area contributed by atoms with Gasteiger partial charge in [0.05, 0.1) is 21.8 Å². The molecule has 7 heteroatoms. The molecule has 0 spiro atoms. The van der Waals surface area contributed by atoms with Crippen LogP contribution in [-0.2, 0) is 19.5 Å². The minimum Gasteiger partial charge on any atom is -0.422 e. The Kier molecular flexibility index (Phi) is 5.44. The third-order valence-electron chi connectivity index (χ3n) is 6.63. The van der Waals surface area contributed by atoms with Crippen molar-refractivity contribution >= 4 is 22.6 Å². The number of H-pyrrole nitrogens is 1. The standard InChI is InChI=1S/C24H26ClN3O3/c1-14-7-8-20-16(11-14)21(25)18(24(30)31-20)13-28-10-9-19-17(12-28)23(29)27-22(26-19)15-5-3-2-4-6-15/h7-8,11,15H,2-6,9-10,12-13H2,1H3,(H,26,27,29). The number of aromatic amines is 1. The number of benzene rings is 1. The average Bonchev–Trinajstić information content (AvgIpc) is 2.78. The van der Waals surface area contributed by atoms with E-state index in [0.29, 0.717) is 47.2 Å². The molecule has 3 aromatic rings. The van der Waals surface area contributed by atoms with Gasteiger partial charge in [0.1, 0.15) is 11.4 Å². The zero-order valence-corrected chi connectivity index (χ0v) is 18.4. The summed E-state index contributed by atoms with van der Waals surface area (Å²) in [5, 5.41) is 1.17. The topological polar surface area (TPSA) is 79.2 Å². The van der Waals surface area contributed by atoms with Crippen LogP contribution in [0, 0.1) is 6.92 Å². The molecule has 3 heterocycles. The second-order valence-corrected chi connectivity index (χ2v) is 9.23. The summed E-state index contributed by atoms with van der Waals surface area (Å²) in [4.78, 5) is 35.4. The third kappa shape index (κ3) is 3.94. The van der Waals surface area contributed by atoms with E-state index in [9.17, 15) is 9.59 Å². The van der Waals surface area contributed by atoms with Crippen LogP contribution in [0.25, 0.3) is 11.0 Å². The SMILES string of the molecule is Cc1ccc2oc(=O)c(CN3CCc4nc(C5CCCCC5)[nH]c(=O)c4C3)c(Cl)c2c1. The Morgan fingerprint density at radius 3 is 2.84 bits per heavy atom. The molecule has 0 amide bonds. The zero-order chi connectivity index (χ0) is 21.5. The van der Waals surface area contributed by atoms with Gasteiger partial charge in [0.25, 0.3) is 5.56 Å². The molecule has 162 valence electrons. The largest absolute Gasteiger partial charge is 0.422 e. The van der Waals surface area contributed by atoms with Crippen molar-refractivity contribution in [1.29, 1.82) is 0 Å². The van der Waals surface area contributed by atoms with Gasteiger partial charge in [-0.2, -0.15) is 0 Å². The summed E-state index contributed by atoms with van der Waals surface area (Å²) < 4.78 is 5.50. The van der Waals surface area contributed by atoms with Crippen LogP contribution in [0.3, 0.4) is 0 Å². The van der Waals surface area contributed by atoms with Crippen LogP contribution in [0.2, 0.25) is 5.02 Å². The molecule has 6 nitrogen and oxygen atoms in total. The Morgan fingerprint density at radius 1 is 1.23 bits per heavy atom. The lowest BCUT2D eigenvalue weighted by atomic mass is 9.88. The molecule has 0 radical (unpaired) electrons. The molecular formula is C24H26ClN3O3. The van der Waals surface area contributed by atoms with Crippen molar-refractivity contribution in [2.45, 2.75) is 64.5 Å². The molecule has 0 unspecified atom stereocenters. The number of rotatable bonds is 3. The van der Waals surface area contributed by atoms with E-state index in [4.69, 9.17) is 21.0 Å². The van der Waals surface area contributed by atoms with Gasteiger partial charge in [-0.05, 0) is 31.9 Å². The molecule has 1 fully saturated rings. The van der Waals surface area contributed by atoms with Gasteiger partial charge in [-0.25, -0.2) is 9.78 Å². The van der Waals surface area contributed by atoms with Crippen molar-refractivity contribution in [3.8, 4) is 0 Å². The zero-order valence-electron chi connectivity index (χ0n) is 17.7. The Hall–Kier alpha value is -2.44. The molecule has 0 bridgehead atoms. The first kappa shape index (κ1) is 20.5. The fourth-order valence-corrected chi connectivity index (χ4v) is 5.16. The Balaban J connectivity index is 1.41. The van der Waals surface area contributed by atoms with Gasteiger partial charge in [-0.15, -0.1) is 0 Å². The lowest BCUT2D eigenvalue weighted by Gasteiger charge is -2.28. The number of hydrogen-bond acceptors (Lipinski definition) is 5. The van der Waals surface area contributed by atoms with Gasteiger partial charge in [0, 0.05) is 37.4 Å². The van der Waals surface area contributed by atoms with Crippen molar-refractivity contribution < 1.29 is 4.42 Å². The summed E-state index contributed by atoms with van der Waals surface area (Å²) in [6.45, 7) is 3.48. The van der Waals surface area contributed by atoms with E-state index in [1.807, 2.05) is 19.1 Å². The summed E-state index contributed by atoms with van der Waals surface area (Å²) in [5.41, 5.74) is 3.09. The molecular weight excluding hydrogens is 414 g/mol. The first-order valence-corrected chi connectivity index (χ1v) is 11.4. The highest BCUT2D eigenvalue weighted by Gasteiger charge is 2.26. The van der Waals surface area contributed by atoms with Crippen LogP contribution in [0.15, 0.2) is 32.2 Å². The van der Waals surface area contributed by atoms with Gasteiger partial charge in [-0.3, -0.25) is 9.69 Å². The van der Waals surface area contributed by atoms with Crippen molar-refractivity contribution in [2.24, 2.45) is 0 Å². The number of fused-ring (bicyclic) bond motifs is 2. The molecule has 1 saturated carbocycles. The first-order valence-electron chi connectivity index (χ1n) is 11.1. The highest BCUT2D eigenvalue weighted by Crippen LogP contribution is 2.31. The Bertz CT molecular complexity index is 1260. The molecule has 5 rings (SSSR count). The van der Waals surface area contributed by atoms with E-state index < -0.39 is 5.63 Å². The Labute approximate surface area is 185 Å². The fraction of sp³-hybridized carbons (Fsp3) is 0.458. The van der Waals surface area contributed by atoms with Gasteiger partial charge in [0.15, 0.2) is 0 Å². The molecule has 31 heavy (non-hydrogen) atoms. The van der Waals surface area contributed by atoms with Crippen LogP contribution < -0.4 is 11.2 Å². The summed E-state index contributed by atoms with van der Waals surface area (Å²) in [5.74, 6) is 1.22. The van der Waals surface area contributed by atoms with Crippen molar-refractivity contribution in [1.82, 2.24) is 14.9 Å². The van der Waals surface area contributed by atoms with Gasteiger partial charge in [-0.1, -0.05) is 42.5 Å². The lowest BCUT2D eigenvalue weighted by molar-refractivity contribution is 0.238. The molecule has 1 aromatic carbocycles. The van der Waals surface area contributed by atoms with Crippen LogP contribution in [-0.4, -0.2) is 21.4 Å². The molecule has 0 atom stereocenters. The predicted molar refractivity (Wildman–Crippen MR) is 121 cm³/mol. The van der Waals surface area contributed by atoms with Crippen LogP contribution in [0.5, 0.6) is 0 Å². The summed E-state index contributed by atoms with van der Waals surface area (Å²) in [7, 11) is 0. The van der Waals surface area contributed by atoms with Gasteiger partial charge in [0.2, 0.25) is 0 Å². The molecule has 1 aliphatic heterocycles. The molecule has 2 aromatic heterocycles. The second kappa shape index (κ2) is 8.24. The minimum atomic E-state index is -0.424. The molecule has 2 aliphatic rings. The summed E-state index contributed by atoms with van der Waals surface area (Å²) >= 11 is 6.61. The monoisotopic (exact) mass is 439 g/mol. The maximum Gasteiger partial charge on any atom is 0.342 e. The highest BCUT2D eigenvalue weighted by molar-refractivity contribution is 6.36. The van der Waals surface area contributed by atoms with Crippen molar-refractivity contribution in [3.63, 3.8) is 0 Å². The quantitative estimate of drug-likeness (QED) is 0.610. The average molecular weight is 440 g/mol. The smallest absolute Gasteiger partial charge is 0.342 e. The van der Waals surface area contributed by atoms with Crippen molar-refractivity contribution in [3.05, 3.63) is 72.2 Å². The molecule has 1 aliphatic carbocycles. The van der Waals surface area contributed by atoms with Gasteiger partial charge >= 0.3 is 5.63 Å². The maximum absolute atomic E-state index is 12.8. The highest BCUT2D eigenvalue weighted by atomic mass is 35.5. The summed E-state index contributed by atoms with van der Waals surface area (Å²) in [6, 6.07) is 5.59. The van der Waals surface area contributed by atoms with Crippen LogP contribution >= 0.6 is 11.6 Å². The summed E-state index contributed by atoms with van der Waals surface area (Å²) in [6.07, 6.45) is 6.56. The third-order valence-corrected chi connectivity index (χ3v) is 7.06. The normalized spacial score (nSPS) is 17.7. The van der Waals surface area contributed by atoms with Gasteiger partial charge < -0.3 is 9.40 Å². The molecule has 1 N–H and O–H groups in total. The van der Waals surface area contributed by atoms with E-state index in [-0.39, 0.29) is 5.56 Å². The van der Waals surface area contributed by atoms with E-state index in [1.54, 1.807) is 6.07 Å². The van der Waals surface area contributed by atoms with E-state index >= 15 is 0 Å². The van der Waals surface area contributed by atoms with Crippen LogP contribution in [0.4, 0.5) is 0 Å². The first-order chi connectivity index (χ1) is 15.0. The number of hydrogen-bond donors (Lipinski definition) is 1. The second-order valence-electron chi connectivity index (χ2n) is 8.85.